The van der Waals surface area contributed by atoms with E-state index in [-0.39, 0.29) is 29.3 Å². The van der Waals surface area contributed by atoms with Crippen LogP contribution >= 0.6 is 11.6 Å². The number of ether oxygens (including phenoxy) is 1. The quantitative estimate of drug-likeness (QED) is 0.853. The van der Waals surface area contributed by atoms with E-state index in [2.05, 4.69) is 19.2 Å². The van der Waals surface area contributed by atoms with Crippen molar-refractivity contribution in [3.63, 3.8) is 0 Å². The Morgan fingerprint density at radius 1 is 1.39 bits per heavy atom. The van der Waals surface area contributed by atoms with Crippen molar-refractivity contribution in [2.75, 3.05) is 7.11 Å². The Morgan fingerprint density at radius 3 is 2.70 bits per heavy atom. The number of hydrogen-bond donors (Lipinski definition) is 1. The number of hydrogen-bond acceptors (Lipinski definition) is 3. The minimum absolute atomic E-state index is 0.0404. The van der Waals surface area contributed by atoms with Crippen LogP contribution in [-0.4, -0.2) is 25.0 Å². The number of benzene rings is 1. The van der Waals surface area contributed by atoms with Crippen molar-refractivity contribution in [2.45, 2.75) is 39.7 Å². The van der Waals surface area contributed by atoms with Gasteiger partial charge >= 0.3 is 5.97 Å². The van der Waals surface area contributed by atoms with E-state index in [1.54, 1.807) is 24.3 Å². The molecule has 0 aromatic heterocycles. The number of carbonyl (C=O) groups is 2. The highest BCUT2D eigenvalue weighted by Crippen LogP contribution is 2.47. The van der Waals surface area contributed by atoms with Gasteiger partial charge in [0, 0.05) is 16.6 Å². The molecule has 5 heteroatoms. The molecule has 4 atom stereocenters. The predicted molar refractivity (Wildman–Crippen MR) is 90.4 cm³/mol. The summed E-state index contributed by atoms with van der Waals surface area (Å²) in [5, 5.41) is 3.63. The van der Waals surface area contributed by atoms with E-state index in [0.29, 0.717) is 16.5 Å². The number of nitrogens with one attached hydrogen (secondary N) is 1. The van der Waals surface area contributed by atoms with Crippen LogP contribution in [0.25, 0.3) is 0 Å². The first-order chi connectivity index (χ1) is 10.8. The third-order valence-electron chi connectivity index (χ3n) is 5.16. The van der Waals surface area contributed by atoms with Crippen molar-refractivity contribution in [1.29, 1.82) is 0 Å². The van der Waals surface area contributed by atoms with Gasteiger partial charge in [-0.1, -0.05) is 38.4 Å². The molecule has 126 valence electrons. The molecule has 0 aliphatic heterocycles. The summed E-state index contributed by atoms with van der Waals surface area (Å²) in [6.07, 6.45) is 1.64. The van der Waals surface area contributed by atoms with Crippen LogP contribution in [0.4, 0.5) is 0 Å². The van der Waals surface area contributed by atoms with Gasteiger partial charge in [-0.25, -0.2) is 0 Å². The zero-order chi connectivity index (χ0) is 17.2. The third-order valence-corrected chi connectivity index (χ3v) is 5.40. The average molecular weight is 338 g/mol. The van der Waals surface area contributed by atoms with E-state index in [1.165, 1.54) is 7.11 Å². The zero-order valence-electron chi connectivity index (χ0n) is 14.1. The average Bonchev–Trinajstić information content (AvgIpc) is 2.81. The van der Waals surface area contributed by atoms with Crippen molar-refractivity contribution >= 4 is 23.5 Å². The van der Waals surface area contributed by atoms with Crippen LogP contribution in [0.1, 0.15) is 44.0 Å². The van der Waals surface area contributed by atoms with Crippen LogP contribution in [0.15, 0.2) is 24.3 Å². The molecule has 2 rings (SSSR count). The highest BCUT2D eigenvalue weighted by molar-refractivity contribution is 6.30. The van der Waals surface area contributed by atoms with E-state index in [9.17, 15) is 9.59 Å². The SMILES string of the molecule is COC(=O)C(C)C1(C)CC(C)[C@@H](NC(=O)c2cccc(Cl)c2)C1. The molecular weight excluding hydrogens is 314 g/mol. The van der Waals surface area contributed by atoms with Gasteiger partial charge in [-0.2, -0.15) is 0 Å². The van der Waals surface area contributed by atoms with Crippen LogP contribution < -0.4 is 5.32 Å². The fourth-order valence-corrected chi connectivity index (χ4v) is 3.74. The molecule has 0 bridgehead atoms. The van der Waals surface area contributed by atoms with Crippen molar-refractivity contribution in [3.8, 4) is 0 Å². The zero-order valence-corrected chi connectivity index (χ0v) is 14.8. The first-order valence-corrected chi connectivity index (χ1v) is 8.29. The predicted octanol–water partition coefficient (Wildman–Crippen LogP) is 3.68. The lowest BCUT2D eigenvalue weighted by molar-refractivity contribution is -0.149. The van der Waals surface area contributed by atoms with Crippen molar-refractivity contribution in [2.24, 2.45) is 17.3 Å². The molecule has 1 N–H and O–H groups in total. The maximum Gasteiger partial charge on any atom is 0.308 e. The largest absolute Gasteiger partial charge is 0.469 e. The number of carbonyl (C=O) groups excluding carboxylic acids is 2. The monoisotopic (exact) mass is 337 g/mol. The summed E-state index contributed by atoms with van der Waals surface area (Å²) in [6, 6.07) is 6.95. The second kappa shape index (κ2) is 6.91. The number of rotatable bonds is 4. The number of amides is 1. The standard InChI is InChI=1S/C18H24ClNO3/c1-11-9-18(3,12(2)17(22)23-4)10-15(11)20-16(21)13-6-5-7-14(19)8-13/h5-8,11-12,15H,9-10H2,1-4H3,(H,20,21)/t11?,12?,15-,18?/m0/s1. The van der Waals surface area contributed by atoms with E-state index in [1.807, 2.05) is 6.92 Å². The van der Waals surface area contributed by atoms with Gasteiger partial charge in [0.1, 0.15) is 0 Å². The van der Waals surface area contributed by atoms with Gasteiger partial charge in [0.2, 0.25) is 0 Å². The molecule has 1 aliphatic carbocycles. The van der Waals surface area contributed by atoms with Gasteiger partial charge < -0.3 is 10.1 Å². The third kappa shape index (κ3) is 3.86. The lowest BCUT2D eigenvalue weighted by Gasteiger charge is -2.29. The Balaban J connectivity index is 2.07. The second-order valence-corrected chi connectivity index (χ2v) is 7.31. The summed E-state index contributed by atoms with van der Waals surface area (Å²) in [5.41, 5.74) is 0.387. The van der Waals surface area contributed by atoms with E-state index >= 15 is 0 Å². The van der Waals surface area contributed by atoms with E-state index < -0.39 is 0 Å². The number of esters is 1. The molecule has 1 aromatic rings. The summed E-state index contributed by atoms with van der Waals surface area (Å²) >= 11 is 5.94. The summed E-state index contributed by atoms with van der Waals surface area (Å²) in [6.45, 7) is 6.11. The maximum absolute atomic E-state index is 12.4. The minimum atomic E-state index is -0.193. The molecular formula is C18H24ClNO3. The van der Waals surface area contributed by atoms with Crippen LogP contribution in [0.5, 0.6) is 0 Å². The molecule has 1 aromatic carbocycles. The smallest absolute Gasteiger partial charge is 0.308 e. The Kier molecular flexibility index (Phi) is 5.35. The molecule has 1 saturated carbocycles. The molecule has 0 heterocycles. The van der Waals surface area contributed by atoms with Crippen molar-refractivity contribution in [3.05, 3.63) is 34.9 Å². The summed E-state index contributed by atoms with van der Waals surface area (Å²) in [4.78, 5) is 24.3. The number of halogens is 1. The lowest BCUT2D eigenvalue weighted by Crippen LogP contribution is -2.38. The van der Waals surface area contributed by atoms with Gasteiger partial charge in [0.15, 0.2) is 0 Å². The molecule has 1 aliphatic rings. The minimum Gasteiger partial charge on any atom is -0.469 e. The van der Waals surface area contributed by atoms with Gasteiger partial charge in [-0.15, -0.1) is 0 Å². The van der Waals surface area contributed by atoms with Crippen molar-refractivity contribution < 1.29 is 14.3 Å². The Labute approximate surface area is 142 Å². The first-order valence-electron chi connectivity index (χ1n) is 7.91. The van der Waals surface area contributed by atoms with Crippen LogP contribution in [-0.2, 0) is 9.53 Å². The maximum atomic E-state index is 12.4. The summed E-state index contributed by atoms with van der Waals surface area (Å²) in [7, 11) is 1.42. The normalized spacial score (nSPS) is 28.2. The molecule has 3 unspecified atom stereocenters. The molecule has 0 radical (unpaired) electrons. The van der Waals surface area contributed by atoms with Gasteiger partial charge in [-0.05, 0) is 42.4 Å². The molecule has 0 saturated heterocycles. The molecule has 4 nitrogen and oxygen atoms in total. The van der Waals surface area contributed by atoms with Crippen LogP contribution in [0.2, 0.25) is 5.02 Å². The van der Waals surface area contributed by atoms with Gasteiger partial charge in [0.05, 0.1) is 13.0 Å². The van der Waals surface area contributed by atoms with Gasteiger partial charge in [-0.3, -0.25) is 9.59 Å². The summed E-state index contributed by atoms with van der Waals surface area (Å²) < 4.78 is 4.88. The van der Waals surface area contributed by atoms with Gasteiger partial charge in [0.25, 0.3) is 5.91 Å². The second-order valence-electron chi connectivity index (χ2n) is 6.87. The fourth-order valence-electron chi connectivity index (χ4n) is 3.55. The Hall–Kier alpha value is -1.55. The summed E-state index contributed by atoms with van der Waals surface area (Å²) in [5.74, 6) is -0.209. The van der Waals surface area contributed by atoms with Crippen LogP contribution in [0.3, 0.4) is 0 Å². The first kappa shape index (κ1) is 17.8. The van der Waals surface area contributed by atoms with Crippen molar-refractivity contribution in [1.82, 2.24) is 5.32 Å². The molecule has 0 spiro atoms. The molecule has 23 heavy (non-hydrogen) atoms. The number of methoxy groups -OCH3 is 1. The van der Waals surface area contributed by atoms with E-state index in [4.69, 9.17) is 16.3 Å². The Bertz CT molecular complexity index is 604. The highest BCUT2D eigenvalue weighted by atomic mass is 35.5. The van der Waals surface area contributed by atoms with Crippen LogP contribution in [0, 0.1) is 17.3 Å². The lowest BCUT2D eigenvalue weighted by atomic mass is 9.76. The topological polar surface area (TPSA) is 55.4 Å². The highest BCUT2D eigenvalue weighted by Gasteiger charge is 2.46. The Morgan fingerprint density at radius 2 is 2.09 bits per heavy atom. The fraction of sp³-hybridized carbons (Fsp3) is 0.556. The molecule has 1 fully saturated rings. The molecule has 1 amide bonds. The van der Waals surface area contributed by atoms with E-state index in [0.717, 1.165) is 12.8 Å².